The molecular weight excluding hydrogens is 192 g/mol. The minimum Gasteiger partial charge on any atom is -0.360 e. The average molecular weight is 204 g/mol. The van der Waals surface area contributed by atoms with Crippen LogP contribution < -0.4 is 0 Å². The summed E-state index contributed by atoms with van der Waals surface area (Å²) in [5.41, 5.74) is 0.768. The molecule has 0 aromatic rings. The Labute approximate surface area is 88.9 Å². The van der Waals surface area contributed by atoms with Crippen molar-refractivity contribution in [2.75, 3.05) is 13.3 Å². The Morgan fingerprint density at radius 1 is 1.53 bits per heavy atom. The van der Waals surface area contributed by atoms with Gasteiger partial charge in [-0.15, -0.1) is 17.3 Å². The first kappa shape index (κ1) is 11.2. The molecule has 0 unspecified atom stereocenters. The lowest BCUT2D eigenvalue weighted by Crippen LogP contribution is -2.16. The van der Waals surface area contributed by atoms with Crippen LogP contribution >= 0.6 is 0 Å². The van der Waals surface area contributed by atoms with Gasteiger partial charge in [0.15, 0.2) is 0 Å². The Kier molecular flexibility index (Phi) is 4.91. The van der Waals surface area contributed by atoms with E-state index in [4.69, 9.17) is 11.2 Å². The lowest BCUT2D eigenvalue weighted by atomic mass is 10.2. The van der Waals surface area contributed by atoms with E-state index < -0.39 is 0 Å². The normalized spacial score (nSPS) is 13.8. The van der Waals surface area contributed by atoms with Crippen molar-refractivity contribution >= 4 is 0 Å². The van der Waals surface area contributed by atoms with Gasteiger partial charge in [-0.2, -0.15) is 0 Å². The van der Waals surface area contributed by atoms with E-state index in [9.17, 15) is 4.91 Å². The first-order valence-corrected chi connectivity index (χ1v) is 4.53. The maximum absolute atomic E-state index is 9.95. The van der Waals surface area contributed by atoms with Crippen LogP contribution in [-0.4, -0.2) is 18.2 Å². The van der Waals surface area contributed by atoms with Crippen molar-refractivity contribution in [1.82, 2.24) is 4.90 Å². The molecule has 0 aliphatic carbocycles. The maximum Gasteiger partial charge on any atom is 0.122 e. The second-order valence-electron chi connectivity index (χ2n) is 2.87. The molecule has 4 nitrogen and oxygen atoms in total. The highest BCUT2D eigenvalue weighted by atomic mass is 16.5. The molecule has 0 fully saturated rings. The van der Waals surface area contributed by atoms with Gasteiger partial charge in [0, 0.05) is 18.8 Å². The topological polar surface area (TPSA) is 41.9 Å². The number of ether oxygens (including phenoxy) is 1. The number of rotatable bonds is 5. The van der Waals surface area contributed by atoms with E-state index in [0.717, 1.165) is 5.57 Å². The summed E-state index contributed by atoms with van der Waals surface area (Å²) in [6, 6.07) is 0. The third-order valence-corrected chi connectivity index (χ3v) is 1.75. The highest BCUT2D eigenvalue weighted by Gasteiger charge is 1.99. The van der Waals surface area contributed by atoms with E-state index in [1.807, 2.05) is 17.3 Å². The second kappa shape index (κ2) is 6.57. The Morgan fingerprint density at radius 3 is 2.87 bits per heavy atom. The van der Waals surface area contributed by atoms with Crippen molar-refractivity contribution in [2.24, 2.45) is 5.18 Å². The van der Waals surface area contributed by atoms with Gasteiger partial charge in [0.1, 0.15) is 6.73 Å². The lowest BCUT2D eigenvalue weighted by Gasteiger charge is -2.17. The molecule has 4 heteroatoms. The summed E-state index contributed by atoms with van der Waals surface area (Å²) in [6.45, 7) is 1.00. The molecule has 1 aliphatic heterocycles. The lowest BCUT2D eigenvalue weighted by molar-refractivity contribution is 0.0789. The van der Waals surface area contributed by atoms with Gasteiger partial charge in [-0.3, -0.25) is 0 Å². The summed E-state index contributed by atoms with van der Waals surface area (Å²) in [7, 11) is 0. The molecule has 1 aliphatic rings. The van der Waals surface area contributed by atoms with Gasteiger partial charge < -0.3 is 9.64 Å². The minimum absolute atomic E-state index is 0.455. The molecular formula is C11H12N2O2. The number of nitrogens with zero attached hydrogens (tertiary/aromatic N) is 2. The molecule has 0 aromatic heterocycles. The zero-order chi connectivity index (χ0) is 10.9. The van der Waals surface area contributed by atoms with Crippen LogP contribution in [-0.2, 0) is 4.74 Å². The smallest absolute Gasteiger partial charge is 0.122 e. The average Bonchev–Trinajstić information content (AvgIpc) is 2.27. The summed E-state index contributed by atoms with van der Waals surface area (Å²) in [6.07, 6.45) is 14.1. The van der Waals surface area contributed by atoms with Crippen molar-refractivity contribution in [3.8, 4) is 12.3 Å². The monoisotopic (exact) mass is 204 g/mol. The van der Waals surface area contributed by atoms with Gasteiger partial charge in [0.2, 0.25) is 0 Å². The third kappa shape index (κ3) is 4.25. The second-order valence-corrected chi connectivity index (χ2v) is 2.87. The fourth-order valence-corrected chi connectivity index (χ4v) is 1.00. The summed E-state index contributed by atoms with van der Waals surface area (Å²) < 4.78 is 5.29. The van der Waals surface area contributed by atoms with Crippen LogP contribution in [0.2, 0.25) is 0 Å². The Morgan fingerprint density at radius 2 is 2.27 bits per heavy atom. The van der Waals surface area contributed by atoms with Crippen molar-refractivity contribution in [3.05, 3.63) is 41.2 Å². The van der Waals surface area contributed by atoms with Crippen molar-refractivity contribution in [3.63, 3.8) is 0 Å². The molecule has 15 heavy (non-hydrogen) atoms. The molecule has 0 saturated heterocycles. The predicted octanol–water partition coefficient (Wildman–Crippen LogP) is 1.98. The fraction of sp³-hybridized carbons (Fsp3) is 0.273. The minimum atomic E-state index is 0.455. The zero-order valence-electron chi connectivity index (χ0n) is 8.30. The van der Waals surface area contributed by atoms with Crippen LogP contribution in [0.15, 0.2) is 41.5 Å². The fourth-order valence-electron chi connectivity index (χ4n) is 1.00. The first-order chi connectivity index (χ1) is 7.36. The summed E-state index contributed by atoms with van der Waals surface area (Å²) in [5, 5.41) is 2.68. The molecule has 0 atom stereocenters. The molecule has 78 valence electrons. The van der Waals surface area contributed by atoms with Crippen LogP contribution in [0.3, 0.4) is 0 Å². The van der Waals surface area contributed by atoms with Gasteiger partial charge in [-0.05, 0) is 22.9 Å². The van der Waals surface area contributed by atoms with E-state index in [-0.39, 0.29) is 0 Å². The largest absolute Gasteiger partial charge is 0.360 e. The third-order valence-electron chi connectivity index (χ3n) is 1.75. The Bertz CT molecular complexity index is 321. The van der Waals surface area contributed by atoms with Crippen molar-refractivity contribution in [1.29, 1.82) is 0 Å². The quantitative estimate of drug-likeness (QED) is 0.390. The van der Waals surface area contributed by atoms with Crippen LogP contribution in [0, 0.1) is 17.3 Å². The summed E-state index contributed by atoms with van der Waals surface area (Å²) >= 11 is 0. The van der Waals surface area contributed by atoms with E-state index in [2.05, 4.69) is 11.1 Å². The van der Waals surface area contributed by atoms with Crippen LogP contribution in [0.1, 0.15) is 6.42 Å². The van der Waals surface area contributed by atoms with E-state index in [1.54, 1.807) is 12.2 Å². The molecule has 0 radical (unpaired) electrons. The van der Waals surface area contributed by atoms with Gasteiger partial charge in [-0.25, -0.2) is 0 Å². The van der Waals surface area contributed by atoms with E-state index in [1.165, 1.54) is 6.20 Å². The Hall–Kier alpha value is -1.86. The van der Waals surface area contributed by atoms with E-state index >= 15 is 0 Å². The molecule has 0 N–H and O–H groups in total. The van der Waals surface area contributed by atoms with Gasteiger partial charge in [0.05, 0.1) is 12.8 Å². The predicted molar refractivity (Wildman–Crippen MR) is 58.3 cm³/mol. The Balaban J connectivity index is 2.28. The van der Waals surface area contributed by atoms with Crippen molar-refractivity contribution in [2.45, 2.75) is 6.42 Å². The van der Waals surface area contributed by atoms with Gasteiger partial charge in [0.25, 0.3) is 0 Å². The highest BCUT2D eigenvalue weighted by Crippen LogP contribution is 2.09. The first-order valence-electron chi connectivity index (χ1n) is 4.53. The van der Waals surface area contributed by atoms with Crippen LogP contribution in [0.4, 0.5) is 0 Å². The molecule has 0 bridgehead atoms. The molecule has 0 aromatic carbocycles. The summed E-state index contributed by atoms with van der Waals surface area (Å²) in [5.74, 6) is 2.49. The molecule has 0 spiro atoms. The molecule has 0 amide bonds. The number of allylic oxidation sites excluding steroid dienone is 3. The standard InChI is InChI=1S/C11H12N2O2/c1-2-3-8-15-10-13-6-4-11(5-7-13)9-12-14/h1,4-7,9H,3,8,10H2. The van der Waals surface area contributed by atoms with Crippen LogP contribution in [0.25, 0.3) is 0 Å². The van der Waals surface area contributed by atoms with Gasteiger partial charge >= 0.3 is 0 Å². The molecule has 1 heterocycles. The van der Waals surface area contributed by atoms with Gasteiger partial charge in [-0.1, -0.05) is 0 Å². The van der Waals surface area contributed by atoms with Crippen LogP contribution in [0.5, 0.6) is 0 Å². The number of hydrogen-bond donors (Lipinski definition) is 0. The van der Waals surface area contributed by atoms with E-state index in [0.29, 0.717) is 19.8 Å². The highest BCUT2D eigenvalue weighted by molar-refractivity contribution is 5.32. The maximum atomic E-state index is 9.95. The summed E-state index contributed by atoms with van der Waals surface area (Å²) in [4.78, 5) is 11.8. The number of terminal acetylenes is 1. The van der Waals surface area contributed by atoms with Crippen molar-refractivity contribution < 1.29 is 4.74 Å². The molecule has 0 saturated carbocycles. The SMILES string of the molecule is C#CCCOCN1C=CC(=CN=O)C=C1. The zero-order valence-corrected chi connectivity index (χ0v) is 8.30. The molecule has 1 rings (SSSR count). The number of hydrogen-bond acceptors (Lipinski definition) is 4. The number of nitroso groups, excluding NO2 is 1.